The zero-order chi connectivity index (χ0) is 8.32. The molecule has 0 radical (unpaired) electrons. The minimum absolute atomic E-state index is 0.0884. The Labute approximate surface area is 69.3 Å². The van der Waals surface area contributed by atoms with Crippen LogP contribution in [-0.4, -0.2) is 24.8 Å². The lowest BCUT2D eigenvalue weighted by Crippen LogP contribution is -2.43. The first-order valence-electron chi connectivity index (χ1n) is 4.51. The van der Waals surface area contributed by atoms with E-state index < -0.39 is 0 Å². The van der Waals surface area contributed by atoms with Gasteiger partial charge in [-0.05, 0) is 33.2 Å². The molecular weight excluding hydrogens is 138 g/mol. The summed E-state index contributed by atoms with van der Waals surface area (Å²) in [7, 11) is 0. The molecule has 1 fully saturated rings. The first kappa shape index (κ1) is 9.01. The van der Waals surface area contributed by atoms with Crippen molar-refractivity contribution >= 4 is 0 Å². The van der Waals surface area contributed by atoms with Gasteiger partial charge in [0.25, 0.3) is 0 Å². The average Bonchev–Trinajstić information content (AvgIpc) is 1.85. The molecule has 0 aromatic carbocycles. The summed E-state index contributed by atoms with van der Waals surface area (Å²) in [6.07, 6.45) is 2.30. The summed E-state index contributed by atoms with van der Waals surface area (Å²) < 4.78 is 5.60. The molecule has 1 heterocycles. The molecule has 0 saturated carbocycles. The number of rotatable bonds is 2. The van der Waals surface area contributed by atoms with Crippen LogP contribution in [0.1, 0.15) is 33.6 Å². The molecule has 0 aromatic rings. The van der Waals surface area contributed by atoms with E-state index in [1.54, 1.807) is 0 Å². The van der Waals surface area contributed by atoms with Crippen molar-refractivity contribution in [2.75, 3.05) is 13.2 Å². The van der Waals surface area contributed by atoms with Crippen LogP contribution in [-0.2, 0) is 4.74 Å². The molecule has 0 aromatic heterocycles. The van der Waals surface area contributed by atoms with Gasteiger partial charge in [-0.1, -0.05) is 6.92 Å². The topological polar surface area (TPSA) is 21.3 Å². The largest absolute Gasteiger partial charge is 0.375 e. The highest BCUT2D eigenvalue weighted by molar-refractivity contribution is 4.82. The van der Waals surface area contributed by atoms with Gasteiger partial charge in [0.15, 0.2) is 0 Å². The fraction of sp³-hybridized carbons (Fsp3) is 1.00. The molecule has 0 amide bonds. The lowest BCUT2D eigenvalue weighted by atomic mass is 9.94. The van der Waals surface area contributed by atoms with Gasteiger partial charge >= 0.3 is 0 Å². The molecule has 0 spiro atoms. The molecule has 66 valence electrons. The summed E-state index contributed by atoms with van der Waals surface area (Å²) in [4.78, 5) is 0. The highest BCUT2D eigenvalue weighted by Gasteiger charge is 2.27. The van der Waals surface area contributed by atoms with Crippen molar-refractivity contribution in [2.45, 2.75) is 45.3 Å². The summed E-state index contributed by atoms with van der Waals surface area (Å²) in [6.45, 7) is 8.46. The van der Waals surface area contributed by atoms with Gasteiger partial charge in [0.1, 0.15) is 0 Å². The fourth-order valence-electron chi connectivity index (χ4n) is 1.69. The fourth-order valence-corrected chi connectivity index (χ4v) is 1.69. The van der Waals surface area contributed by atoms with Crippen molar-refractivity contribution in [2.24, 2.45) is 0 Å². The van der Waals surface area contributed by atoms with Crippen molar-refractivity contribution in [3.05, 3.63) is 0 Å². The van der Waals surface area contributed by atoms with E-state index in [-0.39, 0.29) is 5.60 Å². The Kier molecular flexibility index (Phi) is 2.90. The van der Waals surface area contributed by atoms with E-state index >= 15 is 0 Å². The third-order valence-corrected chi connectivity index (χ3v) is 2.19. The first-order valence-corrected chi connectivity index (χ1v) is 4.51. The Morgan fingerprint density at radius 1 is 1.55 bits per heavy atom. The second-order valence-electron chi connectivity index (χ2n) is 3.86. The maximum Gasteiger partial charge on any atom is 0.0641 e. The van der Waals surface area contributed by atoms with Crippen LogP contribution in [0.15, 0.2) is 0 Å². The summed E-state index contributed by atoms with van der Waals surface area (Å²) in [5, 5.41) is 3.46. The SMILES string of the molecule is CCN[C@H]1CCOC(C)(C)C1. The van der Waals surface area contributed by atoms with Crippen LogP contribution >= 0.6 is 0 Å². The average molecular weight is 157 g/mol. The van der Waals surface area contributed by atoms with Crippen LogP contribution in [0, 0.1) is 0 Å². The second kappa shape index (κ2) is 3.55. The summed E-state index contributed by atoms with van der Waals surface area (Å²) in [5.74, 6) is 0. The lowest BCUT2D eigenvalue weighted by Gasteiger charge is -2.35. The molecule has 11 heavy (non-hydrogen) atoms. The predicted molar refractivity (Wildman–Crippen MR) is 46.7 cm³/mol. The smallest absolute Gasteiger partial charge is 0.0641 e. The molecule has 0 bridgehead atoms. The normalized spacial score (nSPS) is 30.3. The first-order chi connectivity index (χ1) is 5.14. The molecule has 2 nitrogen and oxygen atoms in total. The Bertz CT molecular complexity index is 121. The van der Waals surface area contributed by atoms with Gasteiger partial charge in [-0.3, -0.25) is 0 Å². The van der Waals surface area contributed by atoms with E-state index in [0.29, 0.717) is 6.04 Å². The molecular formula is C9H19NO. The summed E-state index contributed by atoms with van der Waals surface area (Å²) in [5.41, 5.74) is 0.0884. The molecule has 1 aliphatic heterocycles. The van der Waals surface area contributed by atoms with E-state index in [4.69, 9.17) is 4.74 Å². The predicted octanol–water partition coefficient (Wildman–Crippen LogP) is 1.55. The standard InChI is InChI=1S/C9H19NO/c1-4-10-8-5-6-11-9(2,3)7-8/h8,10H,4-7H2,1-3H3/t8-/m0/s1. The lowest BCUT2D eigenvalue weighted by molar-refractivity contribution is -0.0625. The zero-order valence-corrected chi connectivity index (χ0v) is 7.81. The minimum Gasteiger partial charge on any atom is -0.375 e. The molecule has 1 rings (SSSR count). The van der Waals surface area contributed by atoms with Crippen molar-refractivity contribution in [3.8, 4) is 0 Å². The van der Waals surface area contributed by atoms with E-state index in [1.807, 2.05) is 0 Å². The monoisotopic (exact) mass is 157 g/mol. The van der Waals surface area contributed by atoms with Crippen LogP contribution in [0.25, 0.3) is 0 Å². The van der Waals surface area contributed by atoms with E-state index in [0.717, 1.165) is 26.0 Å². The van der Waals surface area contributed by atoms with Crippen LogP contribution in [0.3, 0.4) is 0 Å². The maximum atomic E-state index is 5.60. The Hall–Kier alpha value is -0.0800. The number of hydrogen-bond acceptors (Lipinski definition) is 2. The summed E-state index contributed by atoms with van der Waals surface area (Å²) >= 11 is 0. The van der Waals surface area contributed by atoms with Gasteiger partial charge in [0, 0.05) is 12.6 Å². The molecule has 0 unspecified atom stereocenters. The van der Waals surface area contributed by atoms with Crippen LogP contribution < -0.4 is 5.32 Å². The van der Waals surface area contributed by atoms with Crippen LogP contribution in [0.2, 0.25) is 0 Å². The maximum absolute atomic E-state index is 5.60. The highest BCUT2D eigenvalue weighted by Crippen LogP contribution is 2.23. The van der Waals surface area contributed by atoms with Crippen molar-refractivity contribution in [1.82, 2.24) is 5.32 Å². The Balaban J connectivity index is 2.34. The van der Waals surface area contributed by atoms with E-state index in [1.165, 1.54) is 0 Å². The molecule has 0 aliphatic carbocycles. The minimum atomic E-state index is 0.0884. The van der Waals surface area contributed by atoms with Gasteiger partial charge < -0.3 is 10.1 Å². The highest BCUT2D eigenvalue weighted by atomic mass is 16.5. The summed E-state index contributed by atoms with van der Waals surface area (Å²) in [6, 6.07) is 0.670. The number of nitrogens with one attached hydrogen (secondary N) is 1. The molecule has 1 N–H and O–H groups in total. The van der Waals surface area contributed by atoms with Crippen molar-refractivity contribution < 1.29 is 4.74 Å². The third-order valence-electron chi connectivity index (χ3n) is 2.19. The zero-order valence-electron chi connectivity index (χ0n) is 7.81. The molecule has 1 saturated heterocycles. The van der Waals surface area contributed by atoms with Gasteiger partial charge in [-0.15, -0.1) is 0 Å². The van der Waals surface area contributed by atoms with Gasteiger partial charge in [0.2, 0.25) is 0 Å². The molecule has 1 atom stereocenters. The van der Waals surface area contributed by atoms with Crippen LogP contribution in [0.4, 0.5) is 0 Å². The van der Waals surface area contributed by atoms with Gasteiger partial charge in [0.05, 0.1) is 5.60 Å². The Morgan fingerprint density at radius 3 is 2.82 bits per heavy atom. The molecule has 1 aliphatic rings. The quantitative estimate of drug-likeness (QED) is 0.656. The Morgan fingerprint density at radius 2 is 2.27 bits per heavy atom. The van der Waals surface area contributed by atoms with Gasteiger partial charge in [-0.25, -0.2) is 0 Å². The van der Waals surface area contributed by atoms with Gasteiger partial charge in [-0.2, -0.15) is 0 Å². The van der Waals surface area contributed by atoms with Crippen molar-refractivity contribution in [1.29, 1.82) is 0 Å². The number of hydrogen-bond donors (Lipinski definition) is 1. The van der Waals surface area contributed by atoms with E-state index in [2.05, 4.69) is 26.1 Å². The number of ether oxygens (including phenoxy) is 1. The second-order valence-corrected chi connectivity index (χ2v) is 3.86. The van der Waals surface area contributed by atoms with E-state index in [9.17, 15) is 0 Å². The van der Waals surface area contributed by atoms with Crippen molar-refractivity contribution in [3.63, 3.8) is 0 Å². The van der Waals surface area contributed by atoms with Crippen LogP contribution in [0.5, 0.6) is 0 Å². The molecule has 2 heteroatoms. The third kappa shape index (κ3) is 2.80.